The minimum absolute atomic E-state index is 0.0525. The lowest BCUT2D eigenvalue weighted by Gasteiger charge is -2.38. The number of hydrogen-bond acceptors (Lipinski definition) is 5. The third-order valence-corrected chi connectivity index (χ3v) is 7.07. The summed E-state index contributed by atoms with van der Waals surface area (Å²) in [6, 6.07) is 16.4. The monoisotopic (exact) mass is 463 g/mol. The SMILES string of the molecule is CC(C)N1CCN(c2ccc(C(=O)Nc3ccc(CN4CCCC(C(N)=O)C4)cc3)cc2)CC1. The molecule has 7 heteroatoms. The Morgan fingerprint density at radius 2 is 1.65 bits per heavy atom. The molecule has 1 unspecified atom stereocenters. The zero-order valence-electron chi connectivity index (χ0n) is 20.4. The summed E-state index contributed by atoms with van der Waals surface area (Å²) >= 11 is 0. The van der Waals surface area contributed by atoms with Crippen LogP contribution in [0, 0.1) is 5.92 Å². The van der Waals surface area contributed by atoms with Gasteiger partial charge < -0.3 is 16.0 Å². The first-order valence-corrected chi connectivity index (χ1v) is 12.4. The van der Waals surface area contributed by atoms with Crippen LogP contribution in [0.1, 0.15) is 42.6 Å². The van der Waals surface area contributed by atoms with E-state index >= 15 is 0 Å². The highest BCUT2D eigenvalue weighted by Crippen LogP contribution is 2.21. The van der Waals surface area contributed by atoms with Gasteiger partial charge in [0.2, 0.25) is 5.91 Å². The second-order valence-corrected chi connectivity index (χ2v) is 9.79. The second-order valence-electron chi connectivity index (χ2n) is 9.79. The molecule has 1 atom stereocenters. The van der Waals surface area contributed by atoms with E-state index in [9.17, 15) is 9.59 Å². The minimum Gasteiger partial charge on any atom is -0.369 e. The summed E-state index contributed by atoms with van der Waals surface area (Å²) in [7, 11) is 0. The fraction of sp³-hybridized carbons (Fsp3) is 0.481. The molecule has 2 aliphatic rings. The van der Waals surface area contributed by atoms with Crippen molar-refractivity contribution in [3.05, 3.63) is 59.7 Å². The van der Waals surface area contributed by atoms with E-state index in [1.807, 2.05) is 48.5 Å². The number of primary amides is 1. The van der Waals surface area contributed by atoms with Crippen LogP contribution in [-0.2, 0) is 11.3 Å². The topological polar surface area (TPSA) is 81.9 Å². The summed E-state index contributed by atoms with van der Waals surface area (Å²) in [5, 5.41) is 2.99. The summed E-state index contributed by atoms with van der Waals surface area (Å²) in [6.07, 6.45) is 1.88. The molecular formula is C27H37N5O2. The normalized spacial score (nSPS) is 19.9. The van der Waals surface area contributed by atoms with Crippen LogP contribution in [0.4, 0.5) is 11.4 Å². The summed E-state index contributed by atoms with van der Waals surface area (Å²) in [4.78, 5) is 31.4. The molecule has 182 valence electrons. The molecule has 3 N–H and O–H groups in total. The molecule has 34 heavy (non-hydrogen) atoms. The quantitative estimate of drug-likeness (QED) is 0.659. The Labute approximate surface area is 202 Å². The van der Waals surface area contributed by atoms with Gasteiger partial charge in [0.1, 0.15) is 0 Å². The smallest absolute Gasteiger partial charge is 0.255 e. The number of benzene rings is 2. The predicted molar refractivity (Wildman–Crippen MR) is 137 cm³/mol. The number of nitrogens with one attached hydrogen (secondary N) is 1. The van der Waals surface area contributed by atoms with Crippen LogP contribution in [0.15, 0.2) is 48.5 Å². The third-order valence-electron chi connectivity index (χ3n) is 7.07. The molecule has 2 fully saturated rings. The van der Waals surface area contributed by atoms with Crippen molar-refractivity contribution in [1.29, 1.82) is 0 Å². The largest absolute Gasteiger partial charge is 0.369 e. The van der Waals surface area contributed by atoms with E-state index in [0.29, 0.717) is 11.6 Å². The van der Waals surface area contributed by atoms with E-state index in [-0.39, 0.29) is 17.7 Å². The Kier molecular flexibility index (Phi) is 7.85. The molecule has 0 aromatic heterocycles. The number of rotatable bonds is 7. The van der Waals surface area contributed by atoms with Gasteiger partial charge in [-0.05, 0) is 75.2 Å². The average Bonchev–Trinajstić information content (AvgIpc) is 2.85. The second kappa shape index (κ2) is 11.0. The maximum absolute atomic E-state index is 12.7. The van der Waals surface area contributed by atoms with E-state index in [0.717, 1.165) is 69.9 Å². The van der Waals surface area contributed by atoms with Crippen LogP contribution < -0.4 is 16.0 Å². The van der Waals surface area contributed by atoms with Gasteiger partial charge in [-0.25, -0.2) is 0 Å². The zero-order valence-corrected chi connectivity index (χ0v) is 20.4. The number of likely N-dealkylation sites (tertiary alicyclic amines) is 1. The van der Waals surface area contributed by atoms with Crippen molar-refractivity contribution in [2.45, 2.75) is 39.3 Å². The molecule has 2 aliphatic heterocycles. The molecule has 0 spiro atoms. The number of hydrogen-bond donors (Lipinski definition) is 2. The van der Waals surface area contributed by atoms with Crippen molar-refractivity contribution < 1.29 is 9.59 Å². The van der Waals surface area contributed by atoms with Gasteiger partial charge in [-0.3, -0.25) is 19.4 Å². The lowest BCUT2D eigenvalue weighted by molar-refractivity contribution is -0.123. The van der Waals surface area contributed by atoms with Crippen molar-refractivity contribution in [1.82, 2.24) is 9.80 Å². The number of carbonyl (C=O) groups excluding carboxylic acids is 2. The molecule has 2 aromatic rings. The number of amides is 2. The summed E-state index contributed by atoms with van der Waals surface area (Å²) < 4.78 is 0. The van der Waals surface area contributed by atoms with Crippen molar-refractivity contribution in [2.24, 2.45) is 11.7 Å². The Morgan fingerprint density at radius 3 is 2.26 bits per heavy atom. The van der Waals surface area contributed by atoms with Crippen molar-refractivity contribution in [2.75, 3.05) is 49.5 Å². The van der Waals surface area contributed by atoms with Crippen molar-refractivity contribution in [3.63, 3.8) is 0 Å². The minimum atomic E-state index is -0.204. The fourth-order valence-electron chi connectivity index (χ4n) is 4.91. The van der Waals surface area contributed by atoms with Crippen LogP contribution in [-0.4, -0.2) is 66.9 Å². The number of nitrogens with zero attached hydrogens (tertiary/aromatic N) is 3. The van der Waals surface area contributed by atoms with Gasteiger partial charge in [0.25, 0.3) is 5.91 Å². The molecule has 4 rings (SSSR count). The molecule has 0 radical (unpaired) electrons. The molecule has 2 aromatic carbocycles. The van der Waals surface area contributed by atoms with E-state index < -0.39 is 0 Å². The van der Waals surface area contributed by atoms with Gasteiger partial charge in [-0.15, -0.1) is 0 Å². The van der Waals surface area contributed by atoms with E-state index in [2.05, 4.69) is 33.9 Å². The molecular weight excluding hydrogens is 426 g/mol. The Balaban J connectivity index is 1.28. The number of piperazine rings is 1. The summed E-state index contributed by atoms with van der Waals surface area (Å²) in [6.45, 7) is 11.1. The molecule has 0 bridgehead atoms. The van der Waals surface area contributed by atoms with E-state index in [1.54, 1.807) is 0 Å². The molecule has 2 amide bonds. The van der Waals surface area contributed by atoms with Crippen LogP contribution in [0.3, 0.4) is 0 Å². The maximum Gasteiger partial charge on any atom is 0.255 e. The first-order valence-electron chi connectivity index (χ1n) is 12.4. The number of anilines is 2. The van der Waals surface area contributed by atoms with Crippen molar-refractivity contribution in [3.8, 4) is 0 Å². The summed E-state index contributed by atoms with van der Waals surface area (Å²) in [5.74, 6) is -0.364. The highest BCUT2D eigenvalue weighted by molar-refractivity contribution is 6.04. The van der Waals surface area contributed by atoms with Crippen LogP contribution in [0.2, 0.25) is 0 Å². The molecule has 2 saturated heterocycles. The standard InChI is InChI=1S/C27H37N5O2/c1-20(2)31-14-16-32(17-15-31)25-11-7-22(8-12-25)27(34)29-24-9-5-21(6-10-24)18-30-13-3-4-23(19-30)26(28)33/h5-12,20,23H,3-4,13-19H2,1-2H3,(H2,28,33)(H,29,34). The van der Waals surface area contributed by atoms with E-state index in [4.69, 9.17) is 5.73 Å². The molecule has 7 nitrogen and oxygen atoms in total. The Hall–Kier alpha value is -2.90. The van der Waals surface area contributed by atoms with Gasteiger partial charge in [0, 0.05) is 62.2 Å². The van der Waals surface area contributed by atoms with Crippen LogP contribution in [0.25, 0.3) is 0 Å². The summed E-state index contributed by atoms with van der Waals surface area (Å²) in [5.41, 5.74) is 9.24. The van der Waals surface area contributed by atoms with Crippen LogP contribution in [0.5, 0.6) is 0 Å². The lowest BCUT2D eigenvalue weighted by Crippen LogP contribution is -2.48. The maximum atomic E-state index is 12.7. The third kappa shape index (κ3) is 6.15. The van der Waals surface area contributed by atoms with Gasteiger partial charge in [-0.2, -0.15) is 0 Å². The van der Waals surface area contributed by atoms with E-state index in [1.165, 1.54) is 5.69 Å². The van der Waals surface area contributed by atoms with Gasteiger partial charge in [-0.1, -0.05) is 12.1 Å². The fourth-order valence-corrected chi connectivity index (χ4v) is 4.91. The first-order chi connectivity index (χ1) is 16.4. The number of piperidine rings is 1. The van der Waals surface area contributed by atoms with Gasteiger partial charge in [0.05, 0.1) is 5.92 Å². The van der Waals surface area contributed by atoms with Crippen molar-refractivity contribution >= 4 is 23.2 Å². The zero-order chi connectivity index (χ0) is 24.1. The highest BCUT2D eigenvalue weighted by Gasteiger charge is 2.24. The number of carbonyl (C=O) groups is 2. The average molecular weight is 464 g/mol. The van der Waals surface area contributed by atoms with Crippen LogP contribution >= 0.6 is 0 Å². The van der Waals surface area contributed by atoms with Gasteiger partial charge >= 0.3 is 0 Å². The first kappa shape index (κ1) is 24.2. The molecule has 0 aliphatic carbocycles. The highest BCUT2D eigenvalue weighted by atomic mass is 16.2. The number of nitrogens with two attached hydrogens (primary N) is 1. The molecule has 2 heterocycles. The Bertz CT molecular complexity index is 966. The predicted octanol–water partition coefficient (Wildman–Crippen LogP) is 3.17. The lowest BCUT2D eigenvalue weighted by atomic mass is 9.97. The van der Waals surface area contributed by atoms with Gasteiger partial charge in [0.15, 0.2) is 0 Å². The Morgan fingerprint density at radius 1 is 0.971 bits per heavy atom. The molecule has 0 saturated carbocycles.